The number of allylic oxidation sites excluding steroid dienone is 3. The fourth-order valence-electron chi connectivity index (χ4n) is 4.54. The van der Waals surface area contributed by atoms with Crippen LogP contribution in [0.2, 0.25) is 0 Å². The molecule has 0 aliphatic heterocycles. The first-order chi connectivity index (χ1) is 17.3. The molecule has 0 radical (unpaired) electrons. The molecule has 2 unspecified atom stereocenters. The monoisotopic (exact) mass is 533 g/mol. The van der Waals surface area contributed by atoms with Crippen LogP contribution in [0.1, 0.15) is 60.4 Å². The molecular formula is C26H26F3N3O4S. The van der Waals surface area contributed by atoms with Crippen molar-refractivity contribution in [3.05, 3.63) is 76.1 Å². The molecular weight excluding hydrogens is 507 g/mol. The average Bonchev–Trinajstić information content (AvgIpc) is 2.86. The first kappa shape index (κ1) is 26.7. The highest BCUT2D eigenvalue weighted by Crippen LogP contribution is 2.39. The molecule has 0 fully saturated rings. The van der Waals surface area contributed by atoms with Crippen molar-refractivity contribution < 1.29 is 31.2 Å². The number of nitrogens with one attached hydrogen (secondary N) is 1. The molecule has 37 heavy (non-hydrogen) atoms. The lowest BCUT2D eigenvalue weighted by molar-refractivity contribution is -0.141. The number of aryl methyl sites for hydroxylation is 1. The van der Waals surface area contributed by atoms with Crippen LogP contribution in [-0.2, 0) is 32.6 Å². The zero-order valence-electron chi connectivity index (χ0n) is 20.3. The van der Waals surface area contributed by atoms with Crippen molar-refractivity contribution in [3.63, 3.8) is 0 Å². The third-order valence-corrected chi connectivity index (χ3v) is 8.66. The summed E-state index contributed by atoms with van der Waals surface area (Å²) in [6.45, 7) is 3.26. The van der Waals surface area contributed by atoms with E-state index in [4.69, 9.17) is 0 Å². The van der Waals surface area contributed by atoms with E-state index in [1.165, 1.54) is 18.2 Å². The highest BCUT2D eigenvalue weighted by molar-refractivity contribution is 7.95. The fraction of sp³-hybridized carbons (Fsp3) is 0.385. The number of amides is 1. The molecule has 196 valence electrons. The van der Waals surface area contributed by atoms with Crippen LogP contribution in [0, 0.1) is 5.92 Å². The Hall–Kier alpha value is -3.34. The van der Waals surface area contributed by atoms with Gasteiger partial charge in [0.25, 0.3) is 0 Å². The van der Waals surface area contributed by atoms with E-state index in [1.807, 2.05) is 0 Å². The lowest BCUT2D eigenvalue weighted by Crippen LogP contribution is -2.38. The van der Waals surface area contributed by atoms with Gasteiger partial charge in [-0.1, -0.05) is 25.1 Å². The van der Waals surface area contributed by atoms with E-state index in [-0.39, 0.29) is 34.7 Å². The van der Waals surface area contributed by atoms with Gasteiger partial charge in [0.2, 0.25) is 5.91 Å². The van der Waals surface area contributed by atoms with Gasteiger partial charge < -0.3 is 5.32 Å². The number of alkyl halides is 3. The summed E-state index contributed by atoms with van der Waals surface area (Å²) in [5.41, 5.74) is -0.789. The molecule has 0 bridgehead atoms. The number of sulfone groups is 1. The number of carbonyl (C=O) groups excluding carboxylic acids is 2. The summed E-state index contributed by atoms with van der Waals surface area (Å²) in [6, 6.07) is 5.26. The first-order valence-corrected chi connectivity index (χ1v) is 13.5. The van der Waals surface area contributed by atoms with E-state index in [1.54, 1.807) is 32.1 Å². The van der Waals surface area contributed by atoms with E-state index in [0.29, 0.717) is 41.9 Å². The normalized spacial score (nSPS) is 21.8. The van der Waals surface area contributed by atoms with E-state index < -0.39 is 27.1 Å². The number of anilines is 1. The van der Waals surface area contributed by atoms with Gasteiger partial charge in [-0.15, -0.1) is 0 Å². The lowest BCUT2D eigenvalue weighted by Gasteiger charge is -2.33. The van der Waals surface area contributed by atoms with Crippen LogP contribution in [-0.4, -0.2) is 35.8 Å². The molecule has 2 aliphatic carbocycles. The van der Waals surface area contributed by atoms with Crippen molar-refractivity contribution in [2.24, 2.45) is 5.92 Å². The van der Waals surface area contributed by atoms with E-state index in [9.17, 15) is 31.2 Å². The molecule has 0 saturated heterocycles. The Labute approximate surface area is 212 Å². The number of ketones is 1. The summed E-state index contributed by atoms with van der Waals surface area (Å²) >= 11 is 0. The van der Waals surface area contributed by atoms with Crippen molar-refractivity contribution in [1.82, 2.24) is 9.97 Å². The number of carbonyl (C=O) groups is 2. The molecule has 0 spiro atoms. The predicted molar refractivity (Wildman–Crippen MR) is 132 cm³/mol. The van der Waals surface area contributed by atoms with Crippen LogP contribution in [0.25, 0.3) is 0 Å². The first-order valence-electron chi connectivity index (χ1n) is 11.8. The van der Waals surface area contributed by atoms with Crippen molar-refractivity contribution in [2.75, 3.05) is 11.1 Å². The third kappa shape index (κ3) is 5.51. The van der Waals surface area contributed by atoms with Gasteiger partial charge >= 0.3 is 6.18 Å². The summed E-state index contributed by atoms with van der Waals surface area (Å²) in [4.78, 5) is 34.1. The second-order valence-electron chi connectivity index (χ2n) is 9.40. The summed E-state index contributed by atoms with van der Waals surface area (Å²) in [5, 5.41) is 2.73. The number of fused-ring (bicyclic) bond motifs is 1. The number of Topliss-reactive ketones (excluding diaryl/α,β-unsaturated/α-hetero) is 1. The van der Waals surface area contributed by atoms with Crippen LogP contribution in [0.15, 0.2) is 53.6 Å². The van der Waals surface area contributed by atoms with Gasteiger partial charge in [-0.3, -0.25) is 14.6 Å². The third-order valence-electron chi connectivity index (χ3n) is 6.88. The van der Waals surface area contributed by atoms with Crippen molar-refractivity contribution >= 4 is 27.3 Å². The van der Waals surface area contributed by atoms with Crippen molar-refractivity contribution in [3.8, 4) is 0 Å². The average molecular weight is 534 g/mol. The molecule has 2 heterocycles. The van der Waals surface area contributed by atoms with Gasteiger partial charge in [0.15, 0.2) is 15.6 Å². The molecule has 2 aromatic heterocycles. The fourth-order valence-corrected chi connectivity index (χ4v) is 5.51. The van der Waals surface area contributed by atoms with E-state index in [0.717, 1.165) is 12.3 Å². The molecule has 1 amide bonds. The van der Waals surface area contributed by atoms with Crippen LogP contribution < -0.4 is 5.32 Å². The Bertz CT molecular complexity index is 1400. The smallest absolute Gasteiger partial charge is 0.311 e. The van der Waals surface area contributed by atoms with Crippen LogP contribution >= 0.6 is 0 Å². The number of hydrogen-bond acceptors (Lipinski definition) is 6. The van der Waals surface area contributed by atoms with E-state index >= 15 is 0 Å². The lowest BCUT2D eigenvalue weighted by atomic mass is 9.69. The van der Waals surface area contributed by atoms with Gasteiger partial charge in [-0.05, 0) is 61.9 Å². The van der Waals surface area contributed by atoms with Gasteiger partial charge in [0.05, 0.1) is 21.8 Å². The molecule has 11 heteroatoms. The molecule has 1 N–H and O–H groups in total. The van der Waals surface area contributed by atoms with Gasteiger partial charge in [0.1, 0.15) is 11.5 Å². The standard InChI is InChI=1S/C26H26F3N3O4S/c1-3-37(35,36)18-7-4-16(5-8-18)14-23(33)32-22-11-9-19-20(31-22)12-13-25(2,24(19)34)17-6-10-21(30-15-17)26(27,28)29/h4,6-11,15-16H,3,5,12-14H2,1-2H3,(H,31,32,33). The number of nitrogens with zero attached hydrogens (tertiary/aromatic N) is 2. The minimum atomic E-state index is -4.56. The van der Waals surface area contributed by atoms with Crippen molar-refractivity contribution in [1.29, 1.82) is 0 Å². The molecule has 4 rings (SSSR count). The minimum absolute atomic E-state index is 0.0151. The number of halogens is 3. The van der Waals surface area contributed by atoms with Crippen LogP contribution in [0.3, 0.4) is 0 Å². The Morgan fingerprint density at radius 2 is 1.97 bits per heavy atom. The maximum Gasteiger partial charge on any atom is 0.433 e. The molecule has 2 aromatic rings. The Kier molecular flexibility index (Phi) is 7.11. The SMILES string of the molecule is CCS(=O)(=O)C1=CCC(CC(=O)Nc2ccc3c(n2)CCC(C)(c2ccc(C(F)(F)F)nc2)C3=O)C=C1. The Balaban J connectivity index is 1.42. The predicted octanol–water partition coefficient (Wildman–Crippen LogP) is 4.81. The summed E-state index contributed by atoms with van der Waals surface area (Å²) in [7, 11) is -3.28. The maximum atomic E-state index is 13.3. The van der Waals surface area contributed by atoms with Crippen molar-refractivity contribution in [2.45, 2.75) is 51.1 Å². The van der Waals surface area contributed by atoms with E-state index in [2.05, 4.69) is 15.3 Å². The molecule has 2 atom stereocenters. The zero-order chi connectivity index (χ0) is 27.0. The number of aromatic nitrogens is 2. The second-order valence-corrected chi connectivity index (χ2v) is 11.7. The minimum Gasteiger partial charge on any atom is -0.311 e. The zero-order valence-corrected chi connectivity index (χ0v) is 21.1. The number of hydrogen-bond donors (Lipinski definition) is 1. The quantitative estimate of drug-likeness (QED) is 0.572. The molecule has 0 aromatic carbocycles. The highest BCUT2D eigenvalue weighted by Gasteiger charge is 2.41. The molecule has 7 nitrogen and oxygen atoms in total. The molecule has 2 aliphatic rings. The number of pyridine rings is 2. The summed E-state index contributed by atoms with van der Waals surface area (Å²) < 4.78 is 62.5. The highest BCUT2D eigenvalue weighted by atomic mass is 32.2. The topological polar surface area (TPSA) is 106 Å². The molecule has 0 saturated carbocycles. The second kappa shape index (κ2) is 9.85. The summed E-state index contributed by atoms with van der Waals surface area (Å²) in [5.74, 6) is -0.395. The van der Waals surface area contributed by atoms with Gasteiger partial charge in [-0.2, -0.15) is 13.2 Å². The van der Waals surface area contributed by atoms with Crippen LogP contribution in [0.4, 0.5) is 19.0 Å². The Morgan fingerprint density at radius 3 is 2.57 bits per heavy atom. The Morgan fingerprint density at radius 1 is 1.22 bits per heavy atom. The number of rotatable bonds is 6. The maximum absolute atomic E-state index is 13.3. The van der Waals surface area contributed by atoms with Gasteiger partial charge in [-0.25, -0.2) is 13.4 Å². The van der Waals surface area contributed by atoms with Gasteiger partial charge in [0, 0.05) is 18.2 Å². The largest absolute Gasteiger partial charge is 0.433 e. The van der Waals surface area contributed by atoms with Crippen LogP contribution in [0.5, 0.6) is 0 Å². The summed E-state index contributed by atoms with van der Waals surface area (Å²) in [6.07, 6.45) is 2.73.